The van der Waals surface area contributed by atoms with Gasteiger partial charge in [0.15, 0.2) is 0 Å². The molecule has 2 aromatic carbocycles. The quantitative estimate of drug-likeness (QED) is 0.704. The first-order valence-electron chi connectivity index (χ1n) is 5.52. The highest BCUT2D eigenvalue weighted by molar-refractivity contribution is 7.98. The van der Waals surface area contributed by atoms with Gasteiger partial charge in [-0.1, -0.05) is 36.4 Å². The summed E-state index contributed by atoms with van der Waals surface area (Å²) in [6.07, 6.45) is 1.75. The normalized spacial score (nSPS) is 10.8. The lowest BCUT2D eigenvalue weighted by atomic mass is 10.2. The summed E-state index contributed by atoms with van der Waals surface area (Å²) >= 11 is 1.83. The van der Waals surface area contributed by atoms with E-state index < -0.39 is 0 Å². The van der Waals surface area contributed by atoms with Crippen LogP contribution in [0.25, 0.3) is 11.0 Å². The zero-order valence-electron chi connectivity index (χ0n) is 9.26. The molecule has 0 aliphatic carbocycles. The van der Waals surface area contributed by atoms with Gasteiger partial charge >= 0.3 is 0 Å². The van der Waals surface area contributed by atoms with E-state index in [0.717, 1.165) is 16.8 Å². The maximum Gasteiger partial charge on any atom is 0.102 e. The molecule has 0 aliphatic heterocycles. The summed E-state index contributed by atoms with van der Waals surface area (Å²) in [5.74, 6) is 0.979. The molecule has 0 saturated carbocycles. The van der Waals surface area contributed by atoms with Crippen LogP contribution in [0.5, 0.6) is 0 Å². The van der Waals surface area contributed by atoms with Crippen LogP contribution in [0.15, 0.2) is 59.8 Å². The van der Waals surface area contributed by atoms with Gasteiger partial charge in [0.1, 0.15) is 5.52 Å². The fraction of sp³-hybridized carbons (Fsp3) is 0.0714. The molecule has 0 fully saturated rings. The number of thioether (sulfide) groups is 1. The standard InChI is InChI=1S/C14H12N2S/c1-2-5-11(6-3-1)9-17-13-8-4-7-12-14(13)16-10-15-12/h1-8,10H,9H2,(H,15,16). The van der Waals surface area contributed by atoms with Gasteiger partial charge in [0.05, 0.1) is 11.8 Å². The predicted molar refractivity (Wildman–Crippen MR) is 72.1 cm³/mol. The Bertz CT molecular complexity index is 616. The molecule has 0 radical (unpaired) electrons. The molecule has 84 valence electrons. The molecule has 0 aliphatic rings. The fourth-order valence-electron chi connectivity index (χ4n) is 1.79. The van der Waals surface area contributed by atoms with E-state index in [0.29, 0.717) is 0 Å². The van der Waals surface area contributed by atoms with Gasteiger partial charge in [0, 0.05) is 10.6 Å². The van der Waals surface area contributed by atoms with E-state index in [1.807, 2.05) is 17.8 Å². The van der Waals surface area contributed by atoms with Gasteiger partial charge in [-0.05, 0) is 17.7 Å². The van der Waals surface area contributed by atoms with Crippen LogP contribution in [0.2, 0.25) is 0 Å². The topological polar surface area (TPSA) is 28.7 Å². The number of H-pyrrole nitrogens is 1. The van der Waals surface area contributed by atoms with E-state index in [9.17, 15) is 0 Å². The van der Waals surface area contributed by atoms with Crippen molar-refractivity contribution in [1.29, 1.82) is 0 Å². The molecule has 0 unspecified atom stereocenters. The third-order valence-corrected chi connectivity index (χ3v) is 3.77. The lowest BCUT2D eigenvalue weighted by Crippen LogP contribution is -1.81. The number of hydrogen-bond acceptors (Lipinski definition) is 2. The van der Waals surface area contributed by atoms with Crippen molar-refractivity contribution in [2.45, 2.75) is 10.6 Å². The van der Waals surface area contributed by atoms with Crippen LogP contribution in [-0.2, 0) is 5.75 Å². The van der Waals surface area contributed by atoms with Crippen molar-refractivity contribution in [2.75, 3.05) is 0 Å². The molecule has 3 aromatic rings. The van der Waals surface area contributed by atoms with Crippen molar-refractivity contribution in [2.24, 2.45) is 0 Å². The number of benzene rings is 2. The molecule has 0 saturated heterocycles. The number of imidazole rings is 1. The van der Waals surface area contributed by atoms with E-state index in [1.165, 1.54) is 10.5 Å². The van der Waals surface area contributed by atoms with E-state index in [2.05, 4.69) is 52.4 Å². The van der Waals surface area contributed by atoms with E-state index in [1.54, 1.807) is 6.33 Å². The van der Waals surface area contributed by atoms with Crippen molar-refractivity contribution in [3.05, 3.63) is 60.4 Å². The van der Waals surface area contributed by atoms with Gasteiger partial charge in [-0.2, -0.15) is 0 Å². The first-order chi connectivity index (χ1) is 8.43. The van der Waals surface area contributed by atoms with Crippen LogP contribution >= 0.6 is 11.8 Å². The minimum absolute atomic E-state index is 0.979. The predicted octanol–water partition coefficient (Wildman–Crippen LogP) is 3.86. The van der Waals surface area contributed by atoms with Gasteiger partial charge in [-0.15, -0.1) is 11.8 Å². The number of rotatable bonds is 3. The number of hydrogen-bond donors (Lipinski definition) is 1. The fourth-order valence-corrected chi connectivity index (χ4v) is 2.78. The second-order valence-electron chi connectivity index (χ2n) is 3.83. The molecular weight excluding hydrogens is 228 g/mol. The zero-order chi connectivity index (χ0) is 11.5. The minimum Gasteiger partial charge on any atom is -0.345 e. The van der Waals surface area contributed by atoms with Crippen LogP contribution < -0.4 is 0 Å². The molecule has 1 aromatic heterocycles. The number of nitrogens with one attached hydrogen (secondary N) is 1. The van der Waals surface area contributed by atoms with Gasteiger partial charge in [0.2, 0.25) is 0 Å². The van der Waals surface area contributed by atoms with Gasteiger partial charge in [0.25, 0.3) is 0 Å². The Morgan fingerprint density at radius 2 is 1.88 bits per heavy atom. The van der Waals surface area contributed by atoms with Crippen molar-refractivity contribution in [3.63, 3.8) is 0 Å². The van der Waals surface area contributed by atoms with Gasteiger partial charge in [-0.3, -0.25) is 0 Å². The minimum atomic E-state index is 0.979. The highest BCUT2D eigenvalue weighted by atomic mass is 32.2. The second-order valence-corrected chi connectivity index (χ2v) is 4.85. The van der Waals surface area contributed by atoms with Crippen molar-refractivity contribution in [1.82, 2.24) is 9.97 Å². The highest BCUT2D eigenvalue weighted by Crippen LogP contribution is 2.28. The molecule has 17 heavy (non-hydrogen) atoms. The summed E-state index contributed by atoms with van der Waals surface area (Å²) in [5, 5.41) is 0. The molecule has 0 bridgehead atoms. The Morgan fingerprint density at radius 1 is 1.00 bits per heavy atom. The van der Waals surface area contributed by atoms with Crippen LogP contribution in [0.3, 0.4) is 0 Å². The van der Waals surface area contributed by atoms with Crippen molar-refractivity contribution < 1.29 is 0 Å². The largest absolute Gasteiger partial charge is 0.345 e. The number of nitrogens with zero attached hydrogens (tertiary/aromatic N) is 1. The summed E-state index contributed by atoms with van der Waals surface area (Å²) in [7, 11) is 0. The van der Waals surface area contributed by atoms with Crippen LogP contribution in [0.4, 0.5) is 0 Å². The lowest BCUT2D eigenvalue weighted by Gasteiger charge is -2.02. The molecule has 0 spiro atoms. The molecule has 1 N–H and O–H groups in total. The van der Waals surface area contributed by atoms with Crippen molar-refractivity contribution >= 4 is 22.8 Å². The van der Waals surface area contributed by atoms with E-state index in [4.69, 9.17) is 0 Å². The Morgan fingerprint density at radius 3 is 2.76 bits per heavy atom. The SMILES string of the molecule is c1ccc(CSc2cccc3[nH]cnc23)cc1. The summed E-state index contributed by atoms with van der Waals surface area (Å²) in [4.78, 5) is 8.72. The highest BCUT2D eigenvalue weighted by Gasteiger charge is 2.03. The number of para-hydroxylation sites is 1. The zero-order valence-corrected chi connectivity index (χ0v) is 10.1. The molecule has 0 amide bonds. The number of aromatic amines is 1. The Kier molecular flexibility index (Phi) is 2.84. The molecule has 3 rings (SSSR count). The summed E-state index contributed by atoms with van der Waals surface area (Å²) in [5.41, 5.74) is 3.50. The molecule has 1 heterocycles. The van der Waals surface area contributed by atoms with E-state index in [-0.39, 0.29) is 0 Å². The average molecular weight is 240 g/mol. The molecule has 0 atom stereocenters. The van der Waals surface area contributed by atoms with Crippen LogP contribution in [-0.4, -0.2) is 9.97 Å². The Balaban J connectivity index is 1.84. The maximum atomic E-state index is 4.35. The second kappa shape index (κ2) is 4.63. The number of aromatic nitrogens is 2. The smallest absolute Gasteiger partial charge is 0.102 e. The lowest BCUT2D eigenvalue weighted by molar-refractivity contribution is 1.33. The number of fused-ring (bicyclic) bond motifs is 1. The van der Waals surface area contributed by atoms with Crippen LogP contribution in [0, 0.1) is 0 Å². The van der Waals surface area contributed by atoms with Gasteiger partial charge in [-0.25, -0.2) is 4.98 Å². The molecule has 2 nitrogen and oxygen atoms in total. The third-order valence-electron chi connectivity index (χ3n) is 2.65. The first kappa shape index (κ1) is 10.4. The molecule has 3 heteroatoms. The average Bonchev–Trinajstić information content (AvgIpc) is 2.86. The summed E-state index contributed by atoms with van der Waals surface area (Å²) in [6.45, 7) is 0. The Hall–Kier alpha value is -1.74. The Labute approximate surface area is 104 Å². The monoisotopic (exact) mass is 240 g/mol. The van der Waals surface area contributed by atoms with E-state index >= 15 is 0 Å². The maximum absolute atomic E-state index is 4.35. The molecular formula is C14H12N2S. The summed E-state index contributed by atoms with van der Waals surface area (Å²) < 4.78 is 0. The van der Waals surface area contributed by atoms with Crippen LogP contribution in [0.1, 0.15) is 5.56 Å². The third kappa shape index (κ3) is 2.19. The first-order valence-corrected chi connectivity index (χ1v) is 6.51. The van der Waals surface area contributed by atoms with Crippen molar-refractivity contribution in [3.8, 4) is 0 Å². The van der Waals surface area contributed by atoms with Gasteiger partial charge < -0.3 is 4.98 Å². The summed E-state index contributed by atoms with van der Waals surface area (Å²) in [6, 6.07) is 16.7.